The van der Waals surface area contributed by atoms with Crippen molar-refractivity contribution in [1.82, 2.24) is 10.6 Å². The summed E-state index contributed by atoms with van der Waals surface area (Å²) in [7, 11) is 1.65. The van der Waals surface area contributed by atoms with E-state index >= 15 is 0 Å². The highest BCUT2D eigenvalue weighted by Gasteiger charge is 2.15. The number of fused-ring (bicyclic) bond motifs is 1. The van der Waals surface area contributed by atoms with Crippen molar-refractivity contribution in [2.24, 2.45) is 0 Å². The number of amides is 2. The van der Waals surface area contributed by atoms with Crippen LogP contribution in [0.15, 0.2) is 109 Å². The second-order valence-corrected chi connectivity index (χ2v) is 10.3. The molecule has 0 aliphatic heterocycles. The van der Waals surface area contributed by atoms with Gasteiger partial charge >= 0.3 is 0 Å². The molecular formula is C38H50N2O3. The molecule has 0 saturated heterocycles. The average Bonchev–Trinajstić information content (AvgIpc) is 3.03. The van der Waals surface area contributed by atoms with Gasteiger partial charge < -0.3 is 15.4 Å². The maximum atomic E-state index is 12.6. The highest BCUT2D eigenvalue weighted by atomic mass is 16.5. The molecule has 5 heteroatoms. The van der Waals surface area contributed by atoms with Crippen LogP contribution >= 0.6 is 0 Å². The summed E-state index contributed by atoms with van der Waals surface area (Å²) < 4.78 is 5.28. The van der Waals surface area contributed by atoms with Crippen molar-refractivity contribution in [2.75, 3.05) is 20.2 Å². The Kier molecular flexibility index (Phi) is 18.3. The van der Waals surface area contributed by atoms with E-state index in [-0.39, 0.29) is 17.7 Å². The molecule has 230 valence electrons. The number of allylic oxidation sites excluding steroid dienone is 12. The van der Waals surface area contributed by atoms with E-state index in [1.54, 1.807) is 7.11 Å². The SMILES string of the molecule is CC/C=C\C/C=C\C/C=C\C/C=C\C/C=C\C/C=C\CCC(=O)NCCNC(=O)[C@@H](C)c1ccc2cc(OC)ccc2c1. The molecule has 2 rings (SSSR count). The molecule has 5 nitrogen and oxygen atoms in total. The zero-order valence-corrected chi connectivity index (χ0v) is 26.3. The van der Waals surface area contributed by atoms with Crippen molar-refractivity contribution in [2.45, 2.75) is 71.1 Å². The lowest BCUT2D eigenvalue weighted by Crippen LogP contribution is -2.36. The van der Waals surface area contributed by atoms with Crippen molar-refractivity contribution in [3.05, 3.63) is 115 Å². The lowest BCUT2D eigenvalue weighted by atomic mass is 9.97. The molecule has 0 aliphatic carbocycles. The zero-order chi connectivity index (χ0) is 31.0. The number of carbonyl (C=O) groups excluding carboxylic acids is 2. The van der Waals surface area contributed by atoms with Crippen LogP contribution in [0.1, 0.15) is 76.7 Å². The van der Waals surface area contributed by atoms with Crippen LogP contribution in [0.3, 0.4) is 0 Å². The number of rotatable bonds is 20. The summed E-state index contributed by atoms with van der Waals surface area (Å²) in [4.78, 5) is 24.7. The molecule has 0 aromatic heterocycles. The van der Waals surface area contributed by atoms with Crippen molar-refractivity contribution in [3.63, 3.8) is 0 Å². The Morgan fingerprint density at radius 2 is 1.21 bits per heavy atom. The molecule has 2 aromatic rings. The fourth-order valence-electron chi connectivity index (χ4n) is 4.27. The summed E-state index contributed by atoms with van der Waals surface area (Å²) in [5.41, 5.74) is 0.954. The normalized spacial score (nSPS) is 13.0. The summed E-state index contributed by atoms with van der Waals surface area (Å²) in [5, 5.41) is 7.94. The average molecular weight is 583 g/mol. The molecule has 0 saturated carbocycles. The zero-order valence-electron chi connectivity index (χ0n) is 26.3. The minimum absolute atomic E-state index is 0.00761. The van der Waals surface area contributed by atoms with Crippen LogP contribution in [0.4, 0.5) is 0 Å². The number of nitrogens with one attached hydrogen (secondary N) is 2. The van der Waals surface area contributed by atoms with Gasteiger partial charge in [-0.05, 0) is 80.3 Å². The van der Waals surface area contributed by atoms with E-state index in [0.29, 0.717) is 25.9 Å². The highest BCUT2D eigenvalue weighted by molar-refractivity contribution is 5.88. The van der Waals surface area contributed by atoms with Gasteiger partial charge in [0.05, 0.1) is 13.0 Å². The summed E-state index contributed by atoms with van der Waals surface area (Å²) in [5.74, 6) is 0.465. The molecule has 0 fully saturated rings. The van der Waals surface area contributed by atoms with E-state index in [9.17, 15) is 9.59 Å². The summed E-state index contributed by atoms with van der Waals surface area (Å²) in [6.07, 6.45) is 33.0. The van der Waals surface area contributed by atoms with Crippen molar-refractivity contribution in [1.29, 1.82) is 0 Å². The molecule has 2 aromatic carbocycles. The summed E-state index contributed by atoms with van der Waals surface area (Å²) >= 11 is 0. The smallest absolute Gasteiger partial charge is 0.227 e. The predicted octanol–water partition coefficient (Wildman–Crippen LogP) is 8.66. The highest BCUT2D eigenvalue weighted by Crippen LogP contribution is 2.25. The van der Waals surface area contributed by atoms with Crippen LogP contribution < -0.4 is 15.4 Å². The van der Waals surface area contributed by atoms with Gasteiger partial charge in [0.25, 0.3) is 0 Å². The van der Waals surface area contributed by atoms with Crippen LogP contribution in [0.25, 0.3) is 10.8 Å². The Bertz CT molecular complexity index is 1280. The van der Waals surface area contributed by atoms with E-state index in [0.717, 1.165) is 60.6 Å². The number of ether oxygens (including phenoxy) is 1. The molecule has 0 unspecified atom stereocenters. The molecule has 0 radical (unpaired) electrons. The van der Waals surface area contributed by atoms with E-state index in [1.165, 1.54) is 0 Å². The minimum atomic E-state index is -0.282. The fourth-order valence-corrected chi connectivity index (χ4v) is 4.27. The van der Waals surface area contributed by atoms with Crippen molar-refractivity contribution >= 4 is 22.6 Å². The lowest BCUT2D eigenvalue weighted by Gasteiger charge is -2.14. The van der Waals surface area contributed by atoms with Gasteiger partial charge in [0.15, 0.2) is 0 Å². The number of methoxy groups -OCH3 is 1. The molecule has 0 aliphatic rings. The van der Waals surface area contributed by atoms with Gasteiger partial charge in [-0.2, -0.15) is 0 Å². The largest absolute Gasteiger partial charge is 0.497 e. The number of benzene rings is 2. The topological polar surface area (TPSA) is 67.4 Å². The Morgan fingerprint density at radius 1 is 0.698 bits per heavy atom. The first-order chi connectivity index (χ1) is 21.0. The minimum Gasteiger partial charge on any atom is -0.497 e. The first kappa shape index (κ1) is 35.1. The molecule has 2 N–H and O–H groups in total. The van der Waals surface area contributed by atoms with E-state index < -0.39 is 0 Å². The quantitative estimate of drug-likeness (QED) is 0.121. The van der Waals surface area contributed by atoms with Gasteiger partial charge in [0.2, 0.25) is 11.8 Å². The van der Waals surface area contributed by atoms with Crippen molar-refractivity contribution in [3.8, 4) is 5.75 Å². The third-order valence-corrected chi connectivity index (χ3v) is 6.85. The van der Waals surface area contributed by atoms with Gasteiger partial charge in [-0.15, -0.1) is 0 Å². The second kappa shape index (κ2) is 22.5. The van der Waals surface area contributed by atoms with Crippen LogP contribution in [0, 0.1) is 0 Å². The van der Waals surface area contributed by atoms with Gasteiger partial charge in [-0.3, -0.25) is 9.59 Å². The van der Waals surface area contributed by atoms with E-state index in [4.69, 9.17) is 4.74 Å². The Balaban J connectivity index is 1.49. The molecule has 2 amide bonds. The summed E-state index contributed by atoms with van der Waals surface area (Å²) in [6, 6.07) is 11.9. The molecule has 1 atom stereocenters. The van der Waals surface area contributed by atoms with Gasteiger partial charge in [0, 0.05) is 19.5 Å². The van der Waals surface area contributed by atoms with Gasteiger partial charge in [-0.25, -0.2) is 0 Å². The standard InChI is InChI=1S/C38H50N2O3/c1-4-5-6-7-8-9-10-11-12-13-14-15-16-17-18-19-20-21-22-23-37(41)39-28-29-40-38(42)32(2)33-24-25-35-31-36(43-3)27-26-34(35)30-33/h5-6,8-9,11-12,14-15,17-18,20-21,24-27,30-32H,4,7,10,13,16,19,22-23,28-29H2,1-3H3,(H,39,41)(H,40,42)/b6-5-,9-8-,12-11-,15-14-,18-17-,21-20-/t32-/m0/s1. The number of hydrogen-bond acceptors (Lipinski definition) is 3. The third kappa shape index (κ3) is 15.6. The number of carbonyl (C=O) groups is 2. The Morgan fingerprint density at radius 3 is 1.79 bits per heavy atom. The van der Waals surface area contributed by atoms with E-state index in [2.05, 4.69) is 84.4 Å². The fraction of sp³-hybridized carbons (Fsp3) is 0.368. The van der Waals surface area contributed by atoms with Crippen LogP contribution in [-0.2, 0) is 9.59 Å². The second-order valence-electron chi connectivity index (χ2n) is 10.3. The van der Waals surface area contributed by atoms with Crippen LogP contribution in [0.5, 0.6) is 5.75 Å². The van der Waals surface area contributed by atoms with Gasteiger partial charge in [-0.1, -0.05) is 104 Å². The molecule has 0 spiro atoms. The molecule has 0 heterocycles. The molecule has 43 heavy (non-hydrogen) atoms. The Hall–Kier alpha value is -4.12. The van der Waals surface area contributed by atoms with E-state index in [1.807, 2.05) is 49.4 Å². The maximum Gasteiger partial charge on any atom is 0.227 e. The monoisotopic (exact) mass is 582 g/mol. The first-order valence-electron chi connectivity index (χ1n) is 15.6. The number of hydrogen-bond donors (Lipinski definition) is 2. The van der Waals surface area contributed by atoms with Crippen LogP contribution in [-0.4, -0.2) is 32.0 Å². The maximum absolute atomic E-state index is 12.6. The van der Waals surface area contributed by atoms with Gasteiger partial charge in [0.1, 0.15) is 5.75 Å². The first-order valence-corrected chi connectivity index (χ1v) is 15.6. The summed E-state index contributed by atoms with van der Waals surface area (Å²) in [6.45, 7) is 4.86. The predicted molar refractivity (Wildman–Crippen MR) is 182 cm³/mol. The molecular weight excluding hydrogens is 532 g/mol. The Labute approximate surface area is 259 Å². The third-order valence-electron chi connectivity index (χ3n) is 6.85. The van der Waals surface area contributed by atoms with Crippen LogP contribution in [0.2, 0.25) is 0 Å². The van der Waals surface area contributed by atoms with Crippen molar-refractivity contribution < 1.29 is 14.3 Å². The molecule has 0 bridgehead atoms. The lowest BCUT2D eigenvalue weighted by molar-refractivity contribution is -0.123.